The van der Waals surface area contributed by atoms with Crippen molar-refractivity contribution in [2.45, 2.75) is 36.1 Å². The molecule has 0 saturated carbocycles. The second-order valence-corrected chi connectivity index (χ2v) is 11.0. The summed E-state index contributed by atoms with van der Waals surface area (Å²) >= 11 is 7.58. The van der Waals surface area contributed by atoms with Gasteiger partial charge in [0, 0.05) is 18.1 Å². The number of aliphatic carboxylic acids is 1. The van der Waals surface area contributed by atoms with Crippen molar-refractivity contribution >= 4 is 68.6 Å². The van der Waals surface area contributed by atoms with Crippen LogP contribution >= 0.6 is 50.8 Å². The average Bonchev–Trinajstić information content (AvgIpc) is 3.34. The lowest BCUT2D eigenvalue weighted by molar-refractivity contribution is -0.148. The molecule has 0 unspecified atom stereocenters. The van der Waals surface area contributed by atoms with E-state index in [9.17, 15) is 19.5 Å². The molecule has 0 aliphatic carbocycles. The number of hydrogen-bond donors (Lipinski definition) is 2. The van der Waals surface area contributed by atoms with Crippen LogP contribution in [-0.4, -0.2) is 70.7 Å². The van der Waals surface area contributed by atoms with Gasteiger partial charge in [-0.1, -0.05) is 23.1 Å². The molecule has 2 amide bonds. The van der Waals surface area contributed by atoms with Gasteiger partial charge in [0.15, 0.2) is 4.34 Å². The van der Waals surface area contributed by atoms with Crippen LogP contribution in [0.2, 0.25) is 0 Å². The third-order valence-corrected chi connectivity index (χ3v) is 8.70. The van der Waals surface area contributed by atoms with E-state index in [1.807, 2.05) is 13.8 Å². The minimum atomic E-state index is -1.15. The van der Waals surface area contributed by atoms with E-state index in [2.05, 4.69) is 36.5 Å². The summed E-state index contributed by atoms with van der Waals surface area (Å²) in [7, 11) is 0. The van der Waals surface area contributed by atoms with Gasteiger partial charge < -0.3 is 10.4 Å². The fraction of sp³-hybridized carbons (Fsp3) is 0.412. The Bertz CT molecular complexity index is 1100. The number of amides is 2. The topological polar surface area (TPSA) is 130 Å². The summed E-state index contributed by atoms with van der Waals surface area (Å²) in [6.07, 6.45) is 1.53. The zero-order valence-electron chi connectivity index (χ0n) is 16.4. The van der Waals surface area contributed by atoms with Crippen molar-refractivity contribution in [2.75, 3.05) is 11.5 Å². The number of hydrogen-bond acceptors (Lipinski definition) is 9. The molecule has 164 valence electrons. The van der Waals surface area contributed by atoms with Gasteiger partial charge in [0.25, 0.3) is 11.8 Å². The predicted octanol–water partition coefficient (Wildman–Crippen LogP) is 1.97. The molecule has 14 heteroatoms. The number of carboxylic acid groups (broad SMARTS) is 1. The quantitative estimate of drug-likeness (QED) is 0.396. The smallest absolute Gasteiger partial charge is 0.352 e. The second kappa shape index (κ2) is 8.92. The first kappa shape index (κ1) is 22.3. The minimum Gasteiger partial charge on any atom is -0.477 e. The van der Waals surface area contributed by atoms with E-state index in [0.717, 1.165) is 9.35 Å². The number of fused-ring (bicyclic) bond motifs is 1. The van der Waals surface area contributed by atoms with E-state index in [-0.39, 0.29) is 5.70 Å². The standard InChI is InChI=1S/C17H17BrN6O4S3/c1-3-23-12(9(18)4-19-23)13(25)20-10-14(26)24-11(16(27)28)8(5-29-15(10)24)6-30-17-22-21-7(2)31-17/h4,10,15H,3,5-6H2,1-2H3,(H,20,25)(H,27,28)/t10-,15+/m0/s1. The van der Waals surface area contributed by atoms with Gasteiger partial charge in [0.2, 0.25) is 0 Å². The van der Waals surface area contributed by atoms with E-state index < -0.39 is 29.2 Å². The normalized spacial score (nSPS) is 20.5. The molecule has 31 heavy (non-hydrogen) atoms. The number of aromatic nitrogens is 4. The molecule has 1 fully saturated rings. The molecule has 2 aliphatic rings. The first-order valence-electron chi connectivity index (χ1n) is 9.16. The molecule has 2 N–H and O–H groups in total. The van der Waals surface area contributed by atoms with Crippen LogP contribution in [0.5, 0.6) is 0 Å². The number of carbonyl (C=O) groups is 3. The fourth-order valence-electron chi connectivity index (χ4n) is 3.32. The fourth-order valence-corrected chi connectivity index (χ4v) is 7.09. The molecule has 0 spiro atoms. The Kier molecular flexibility index (Phi) is 6.42. The molecule has 2 aromatic heterocycles. The average molecular weight is 545 g/mol. The Morgan fingerprint density at radius 2 is 2.19 bits per heavy atom. The van der Waals surface area contributed by atoms with Gasteiger partial charge in [-0.3, -0.25) is 19.2 Å². The van der Waals surface area contributed by atoms with Crippen molar-refractivity contribution in [1.82, 2.24) is 30.2 Å². The Balaban J connectivity index is 1.50. The number of aryl methyl sites for hydroxylation is 2. The van der Waals surface area contributed by atoms with Crippen molar-refractivity contribution in [2.24, 2.45) is 0 Å². The predicted molar refractivity (Wildman–Crippen MR) is 120 cm³/mol. The third-order valence-electron chi connectivity index (χ3n) is 4.72. The maximum absolute atomic E-state index is 12.8. The number of β-lactam (4-membered cyclic amide) rings is 1. The SMILES string of the molecule is CCn1ncc(Br)c1C(=O)N[C@H]1C(=O)N2C(C(=O)O)=C(CSc3nnc(C)s3)CS[C@H]12. The van der Waals surface area contributed by atoms with Crippen LogP contribution in [0.4, 0.5) is 0 Å². The summed E-state index contributed by atoms with van der Waals surface area (Å²) in [5, 5.41) is 25.0. The van der Waals surface area contributed by atoms with Gasteiger partial charge in [-0.05, 0) is 35.4 Å². The van der Waals surface area contributed by atoms with Gasteiger partial charge in [-0.25, -0.2) is 4.79 Å². The number of nitrogens with one attached hydrogen (secondary N) is 1. The van der Waals surface area contributed by atoms with Crippen molar-refractivity contribution in [1.29, 1.82) is 0 Å². The Morgan fingerprint density at radius 1 is 1.42 bits per heavy atom. The molecule has 2 aromatic rings. The van der Waals surface area contributed by atoms with Crippen LogP contribution in [0, 0.1) is 6.92 Å². The Labute approximate surface area is 198 Å². The Hall–Kier alpha value is -1.90. The van der Waals surface area contributed by atoms with Crippen molar-refractivity contribution < 1.29 is 19.5 Å². The van der Waals surface area contributed by atoms with Gasteiger partial charge in [0.1, 0.15) is 27.8 Å². The van der Waals surface area contributed by atoms with Crippen LogP contribution in [0.15, 0.2) is 26.3 Å². The van der Waals surface area contributed by atoms with Crippen LogP contribution in [0.1, 0.15) is 22.4 Å². The molecular weight excluding hydrogens is 528 g/mol. The molecule has 0 aromatic carbocycles. The highest BCUT2D eigenvalue weighted by Gasteiger charge is 2.54. The van der Waals surface area contributed by atoms with E-state index in [1.54, 1.807) is 0 Å². The zero-order chi connectivity index (χ0) is 22.3. The van der Waals surface area contributed by atoms with Crippen molar-refractivity contribution in [3.63, 3.8) is 0 Å². The van der Waals surface area contributed by atoms with Gasteiger partial charge >= 0.3 is 5.97 Å². The number of thioether (sulfide) groups is 2. The lowest BCUT2D eigenvalue weighted by Crippen LogP contribution is -2.70. The van der Waals surface area contributed by atoms with Crippen molar-refractivity contribution in [3.05, 3.63) is 32.6 Å². The van der Waals surface area contributed by atoms with E-state index >= 15 is 0 Å². The minimum absolute atomic E-state index is 0.00670. The van der Waals surface area contributed by atoms with Crippen LogP contribution in [-0.2, 0) is 16.1 Å². The van der Waals surface area contributed by atoms with Gasteiger partial charge in [-0.15, -0.1) is 22.0 Å². The molecule has 0 bridgehead atoms. The highest BCUT2D eigenvalue weighted by atomic mass is 79.9. The molecule has 1 saturated heterocycles. The third kappa shape index (κ3) is 4.13. The summed E-state index contributed by atoms with van der Waals surface area (Å²) in [6.45, 7) is 4.21. The molecule has 2 aliphatic heterocycles. The van der Waals surface area contributed by atoms with Gasteiger partial charge in [-0.2, -0.15) is 5.10 Å². The number of rotatable bonds is 7. The van der Waals surface area contributed by atoms with Crippen LogP contribution < -0.4 is 5.32 Å². The molecule has 4 heterocycles. The first-order chi connectivity index (χ1) is 14.8. The molecule has 2 atom stereocenters. The molecule has 0 radical (unpaired) electrons. The summed E-state index contributed by atoms with van der Waals surface area (Å²) in [6, 6.07) is -0.793. The molecular formula is C17H17BrN6O4S3. The lowest BCUT2D eigenvalue weighted by atomic mass is 10.0. The summed E-state index contributed by atoms with van der Waals surface area (Å²) in [5.41, 5.74) is 0.970. The largest absolute Gasteiger partial charge is 0.477 e. The maximum atomic E-state index is 12.8. The molecule has 10 nitrogen and oxygen atoms in total. The summed E-state index contributed by atoms with van der Waals surface area (Å²) in [5.74, 6) is -1.17. The monoisotopic (exact) mass is 544 g/mol. The summed E-state index contributed by atoms with van der Waals surface area (Å²) < 4.78 is 2.81. The van der Waals surface area contributed by atoms with Gasteiger partial charge in [0.05, 0.1) is 10.7 Å². The number of carboxylic acids is 1. The number of halogens is 1. The second-order valence-electron chi connectivity index (χ2n) is 6.65. The summed E-state index contributed by atoms with van der Waals surface area (Å²) in [4.78, 5) is 38.8. The Morgan fingerprint density at radius 3 is 2.84 bits per heavy atom. The molecule has 4 rings (SSSR count). The lowest BCUT2D eigenvalue weighted by Gasteiger charge is -2.49. The highest BCUT2D eigenvalue weighted by Crippen LogP contribution is 2.42. The first-order valence-corrected chi connectivity index (χ1v) is 12.8. The number of carbonyl (C=O) groups excluding carboxylic acids is 2. The maximum Gasteiger partial charge on any atom is 0.352 e. The van der Waals surface area contributed by atoms with Crippen molar-refractivity contribution in [3.8, 4) is 0 Å². The van der Waals surface area contributed by atoms with Crippen LogP contribution in [0.3, 0.4) is 0 Å². The van der Waals surface area contributed by atoms with E-state index in [1.165, 1.54) is 50.6 Å². The highest BCUT2D eigenvalue weighted by molar-refractivity contribution is 9.10. The van der Waals surface area contributed by atoms with E-state index in [4.69, 9.17) is 0 Å². The number of nitrogens with zero attached hydrogens (tertiary/aromatic N) is 5. The van der Waals surface area contributed by atoms with Crippen LogP contribution in [0.25, 0.3) is 0 Å². The van der Waals surface area contributed by atoms with E-state index in [0.29, 0.717) is 33.8 Å². The zero-order valence-corrected chi connectivity index (χ0v) is 20.4.